The highest BCUT2D eigenvalue weighted by Crippen LogP contribution is 2.45. The molecule has 50 heavy (non-hydrogen) atoms. The topological polar surface area (TPSA) is 121 Å². The highest BCUT2D eigenvalue weighted by Gasteiger charge is 2.61. The lowest BCUT2D eigenvalue weighted by Gasteiger charge is -2.37. The summed E-state index contributed by atoms with van der Waals surface area (Å²) in [6, 6.07) is 25.4. The molecule has 3 aliphatic rings. The molecule has 10 nitrogen and oxygen atoms in total. The van der Waals surface area contributed by atoms with Crippen LogP contribution in [-0.4, -0.2) is 82.1 Å². The number of carboxylic acids is 1. The zero-order valence-corrected chi connectivity index (χ0v) is 28.2. The molecule has 2 aliphatic heterocycles. The number of rotatable bonds is 11. The number of piperidine rings is 1. The average Bonchev–Trinajstić information content (AvgIpc) is 3.71. The lowest BCUT2D eigenvalue weighted by Crippen LogP contribution is -2.54. The fourth-order valence-corrected chi connectivity index (χ4v) is 7.51. The third-order valence-electron chi connectivity index (χ3n) is 10.3. The molecule has 3 fully saturated rings. The molecule has 4 aromatic rings. The van der Waals surface area contributed by atoms with E-state index >= 15 is 0 Å². The monoisotopic (exact) mass is 674 g/mol. The summed E-state index contributed by atoms with van der Waals surface area (Å²) in [4.78, 5) is 50.0. The quantitative estimate of drug-likeness (QED) is 0.197. The fraction of sp³-hybridized carbons (Fsp3) is 0.350. The number of fused-ring (bicyclic) bond motifs is 1. The van der Waals surface area contributed by atoms with E-state index in [0.29, 0.717) is 22.7 Å². The number of carbonyl (C=O) groups is 3. The lowest BCUT2D eigenvalue weighted by molar-refractivity contribution is -0.146. The van der Waals surface area contributed by atoms with Gasteiger partial charge < -0.3 is 24.8 Å². The smallest absolute Gasteiger partial charge is 0.330 e. The van der Waals surface area contributed by atoms with E-state index in [1.165, 1.54) is 0 Å². The van der Waals surface area contributed by atoms with Crippen LogP contribution < -0.4 is 14.8 Å². The van der Waals surface area contributed by atoms with Crippen molar-refractivity contribution >= 4 is 28.7 Å². The molecule has 1 aliphatic carbocycles. The largest absolute Gasteiger partial charge is 0.497 e. The van der Waals surface area contributed by atoms with Crippen LogP contribution in [-0.2, 0) is 14.4 Å². The number of hydrogen-bond donors (Lipinski definition) is 2. The second kappa shape index (κ2) is 14.0. The van der Waals surface area contributed by atoms with Crippen LogP contribution in [0.2, 0.25) is 0 Å². The number of methoxy groups -OCH3 is 1. The van der Waals surface area contributed by atoms with E-state index in [9.17, 15) is 19.5 Å². The van der Waals surface area contributed by atoms with Gasteiger partial charge in [-0.25, -0.2) is 9.78 Å². The molecule has 1 aromatic heterocycles. The van der Waals surface area contributed by atoms with Crippen molar-refractivity contribution in [3.05, 3.63) is 103 Å². The van der Waals surface area contributed by atoms with Crippen molar-refractivity contribution in [1.82, 2.24) is 20.1 Å². The Hall–Kier alpha value is -5.22. The lowest BCUT2D eigenvalue weighted by atomic mass is 10.00. The first kappa shape index (κ1) is 33.3. The molecule has 1 saturated carbocycles. The van der Waals surface area contributed by atoms with E-state index in [-0.39, 0.29) is 31.2 Å². The van der Waals surface area contributed by atoms with E-state index in [1.807, 2.05) is 84.9 Å². The summed E-state index contributed by atoms with van der Waals surface area (Å²) in [7, 11) is 1.61. The second-order valence-electron chi connectivity index (χ2n) is 13.5. The molecule has 10 heteroatoms. The van der Waals surface area contributed by atoms with Gasteiger partial charge in [0.15, 0.2) is 0 Å². The zero-order chi connectivity index (χ0) is 34.8. The van der Waals surface area contributed by atoms with Gasteiger partial charge in [-0.05, 0) is 50.0 Å². The van der Waals surface area contributed by atoms with Crippen LogP contribution in [0, 0.1) is 5.92 Å². The number of nitrogens with zero attached hydrogens (tertiary/aromatic N) is 3. The van der Waals surface area contributed by atoms with Gasteiger partial charge in [-0.2, -0.15) is 0 Å². The molecular formula is C40H42N4O6. The van der Waals surface area contributed by atoms with Crippen molar-refractivity contribution in [2.45, 2.75) is 55.8 Å². The molecule has 7 rings (SSSR count). The first-order valence-electron chi connectivity index (χ1n) is 17.3. The number of ether oxygens (including phenoxy) is 2. The summed E-state index contributed by atoms with van der Waals surface area (Å²) >= 11 is 0. The predicted molar refractivity (Wildman–Crippen MR) is 190 cm³/mol. The van der Waals surface area contributed by atoms with E-state index in [1.54, 1.807) is 18.1 Å². The van der Waals surface area contributed by atoms with Crippen LogP contribution in [0.25, 0.3) is 22.2 Å². The summed E-state index contributed by atoms with van der Waals surface area (Å²) in [5.74, 6) is -0.965. The summed E-state index contributed by atoms with van der Waals surface area (Å²) < 4.78 is 12.2. The number of hydrogen-bond acceptors (Lipinski definition) is 7. The maximum atomic E-state index is 14.8. The Kier molecular flexibility index (Phi) is 9.29. The van der Waals surface area contributed by atoms with E-state index in [0.717, 1.165) is 48.9 Å². The second-order valence-corrected chi connectivity index (χ2v) is 13.5. The predicted octanol–water partition coefficient (Wildman–Crippen LogP) is 5.63. The van der Waals surface area contributed by atoms with Crippen LogP contribution in [0.15, 0.2) is 97.6 Å². The van der Waals surface area contributed by atoms with Crippen molar-refractivity contribution < 1.29 is 29.0 Å². The van der Waals surface area contributed by atoms with E-state index in [4.69, 9.17) is 14.5 Å². The standard InChI is InChI=1S/C40H42N4O6/c1-3-28-24-40(28,39(47)48)42-37(45)34-22-30(25-44(34)38(46)36(27-15-9-5-10-16-27)43-19-11-6-12-20-43)50-35-23-32(26-13-7-4-8-14-26)41-33-21-29(49-2)17-18-31(33)35/h3-5,7-10,13-18,21,23,28,30,34,36H,1,6,11-12,19-20,22,24-25H2,2H3,(H,42,45)(H,47,48)/t28?,30-,34+,36+,40?/m1/s1. The number of amides is 2. The van der Waals surface area contributed by atoms with Crippen molar-refractivity contribution in [2.75, 3.05) is 26.7 Å². The maximum Gasteiger partial charge on any atom is 0.330 e. The number of benzene rings is 3. The van der Waals surface area contributed by atoms with E-state index < -0.39 is 35.6 Å². The van der Waals surface area contributed by atoms with Crippen LogP contribution in [0.3, 0.4) is 0 Å². The van der Waals surface area contributed by atoms with Crippen LogP contribution in [0.1, 0.15) is 43.7 Å². The Balaban J connectivity index is 1.25. The SMILES string of the molecule is C=CC1CC1(NC(=O)[C@@H]1C[C@@H](Oc2cc(-c3ccccc3)nc3cc(OC)ccc23)CN1C(=O)[C@H](c1ccccc1)N1CCCCC1)C(=O)O. The molecule has 2 N–H and O–H groups in total. The zero-order valence-electron chi connectivity index (χ0n) is 28.2. The van der Waals surface area contributed by atoms with Crippen molar-refractivity contribution in [2.24, 2.45) is 5.92 Å². The Morgan fingerprint density at radius 3 is 2.38 bits per heavy atom. The molecule has 0 spiro atoms. The molecular weight excluding hydrogens is 632 g/mol. The van der Waals surface area contributed by atoms with Gasteiger partial charge in [0.1, 0.15) is 35.2 Å². The third-order valence-corrected chi connectivity index (χ3v) is 10.3. The Morgan fingerprint density at radius 2 is 1.72 bits per heavy atom. The highest BCUT2D eigenvalue weighted by atomic mass is 16.5. The number of pyridine rings is 1. The van der Waals surface area contributed by atoms with Gasteiger partial charge in [0.05, 0.1) is 24.9 Å². The van der Waals surface area contributed by atoms with Crippen molar-refractivity contribution in [3.8, 4) is 22.8 Å². The first-order valence-corrected chi connectivity index (χ1v) is 17.3. The van der Waals surface area contributed by atoms with Gasteiger partial charge >= 0.3 is 5.97 Å². The molecule has 5 atom stereocenters. The first-order chi connectivity index (χ1) is 24.3. The summed E-state index contributed by atoms with van der Waals surface area (Å²) in [6.45, 7) is 5.46. The minimum Gasteiger partial charge on any atom is -0.497 e. The fourth-order valence-electron chi connectivity index (χ4n) is 7.51. The molecule has 3 heterocycles. The molecule has 258 valence electrons. The van der Waals surface area contributed by atoms with Crippen LogP contribution >= 0.6 is 0 Å². The van der Waals surface area contributed by atoms with Gasteiger partial charge in [0, 0.05) is 35.4 Å². The molecule has 2 amide bonds. The van der Waals surface area contributed by atoms with Crippen molar-refractivity contribution in [3.63, 3.8) is 0 Å². The van der Waals surface area contributed by atoms with Gasteiger partial charge in [-0.15, -0.1) is 6.58 Å². The minimum absolute atomic E-state index is 0.152. The van der Waals surface area contributed by atoms with Gasteiger partial charge in [0.2, 0.25) is 11.8 Å². The number of aliphatic carboxylic acids is 1. The number of carbonyl (C=O) groups excluding carboxylic acids is 2. The van der Waals surface area contributed by atoms with Gasteiger partial charge in [-0.1, -0.05) is 73.2 Å². The number of nitrogens with one attached hydrogen (secondary N) is 1. The summed E-state index contributed by atoms with van der Waals surface area (Å²) in [5.41, 5.74) is 1.74. The number of carboxylic acid groups (broad SMARTS) is 1. The maximum absolute atomic E-state index is 14.8. The van der Waals surface area contributed by atoms with E-state index in [2.05, 4.69) is 16.8 Å². The molecule has 0 bridgehead atoms. The molecule has 2 saturated heterocycles. The number of aromatic nitrogens is 1. The van der Waals surface area contributed by atoms with Crippen molar-refractivity contribution in [1.29, 1.82) is 0 Å². The third kappa shape index (κ3) is 6.43. The van der Waals surface area contributed by atoms with Crippen LogP contribution in [0.5, 0.6) is 11.5 Å². The summed E-state index contributed by atoms with van der Waals surface area (Å²) in [6.07, 6.45) is 4.53. The Bertz CT molecular complexity index is 1900. The number of likely N-dealkylation sites (tertiary alicyclic amines) is 2. The minimum atomic E-state index is -1.43. The van der Waals surface area contributed by atoms with Gasteiger partial charge in [0.25, 0.3) is 0 Å². The molecule has 0 radical (unpaired) electrons. The van der Waals surface area contributed by atoms with Crippen LogP contribution in [0.4, 0.5) is 0 Å². The Morgan fingerprint density at radius 1 is 1.00 bits per heavy atom. The van der Waals surface area contributed by atoms with Gasteiger partial charge in [-0.3, -0.25) is 14.5 Å². The summed E-state index contributed by atoms with van der Waals surface area (Å²) in [5, 5.41) is 13.7. The highest BCUT2D eigenvalue weighted by molar-refractivity contribution is 5.96. The normalized spacial score (nSPS) is 23.9. The average molecular weight is 675 g/mol. The molecule has 2 unspecified atom stereocenters. The Labute approximate surface area is 291 Å². The molecule has 3 aromatic carbocycles.